The maximum absolute atomic E-state index is 12.2. The molecule has 0 aliphatic heterocycles. The Morgan fingerprint density at radius 1 is 1.25 bits per heavy atom. The lowest BCUT2D eigenvalue weighted by Gasteiger charge is -2.08. The summed E-state index contributed by atoms with van der Waals surface area (Å²) >= 11 is 3.44. The maximum Gasteiger partial charge on any atom is 0.223 e. The van der Waals surface area contributed by atoms with Crippen LogP contribution in [0.3, 0.4) is 0 Å². The lowest BCUT2D eigenvalue weighted by atomic mass is 10.1. The van der Waals surface area contributed by atoms with Crippen LogP contribution in [0.15, 0.2) is 53.0 Å². The van der Waals surface area contributed by atoms with Crippen molar-refractivity contribution in [3.63, 3.8) is 0 Å². The molecule has 0 heterocycles. The second-order valence-electron chi connectivity index (χ2n) is 6.31. The lowest BCUT2D eigenvalue weighted by molar-refractivity contribution is -0.122. The van der Waals surface area contributed by atoms with E-state index in [2.05, 4.69) is 33.4 Å². The van der Waals surface area contributed by atoms with Crippen molar-refractivity contribution in [2.75, 3.05) is 13.2 Å². The Morgan fingerprint density at radius 2 is 2.04 bits per heavy atom. The quantitative estimate of drug-likeness (QED) is 0.712. The number of ether oxygens (including phenoxy) is 1. The minimum absolute atomic E-state index is 0.129. The van der Waals surface area contributed by atoms with E-state index in [9.17, 15) is 4.79 Å². The van der Waals surface area contributed by atoms with Gasteiger partial charge >= 0.3 is 0 Å². The van der Waals surface area contributed by atoms with E-state index in [0.717, 1.165) is 23.1 Å². The van der Waals surface area contributed by atoms with Gasteiger partial charge in [-0.2, -0.15) is 0 Å². The average molecular weight is 388 g/mol. The Bertz CT molecular complexity index is 699. The van der Waals surface area contributed by atoms with E-state index in [0.29, 0.717) is 19.1 Å². The molecular weight excluding hydrogens is 366 g/mol. The van der Waals surface area contributed by atoms with Crippen LogP contribution in [0.25, 0.3) is 0 Å². The molecule has 0 radical (unpaired) electrons. The SMILES string of the molecule is Cc1cccc(OCCCNC(=O)C2CC2c2ccc(Br)cc2)c1. The summed E-state index contributed by atoms with van der Waals surface area (Å²) in [4.78, 5) is 12.2. The first-order valence-electron chi connectivity index (χ1n) is 8.36. The number of hydrogen-bond acceptors (Lipinski definition) is 2. The highest BCUT2D eigenvalue weighted by atomic mass is 79.9. The lowest BCUT2D eigenvalue weighted by Crippen LogP contribution is -2.27. The van der Waals surface area contributed by atoms with Crippen molar-refractivity contribution in [3.8, 4) is 5.75 Å². The Labute approximate surface area is 151 Å². The van der Waals surface area contributed by atoms with Crippen LogP contribution in [0.2, 0.25) is 0 Å². The number of hydrogen-bond donors (Lipinski definition) is 1. The molecule has 3 rings (SSSR count). The summed E-state index contributed by atoms with van der Waals surface area (Å²) in [6.45, 7) is 3.32. The molecule has 2 unspecified atom stereocenters. The zero-order chi connectivity index (χ0) is 16.9. The molecule has 1 saturated carbocycles. The van der Waals surface area contributed by atoms with Crippen LogP contribution in [-0.2, 0) is 4.79 Å². The molecule has 1 aliphatic carbocycles. The van der Waals surface area contributed by atoms with Gasteiger partial charge in [-0.15, -0.1) is 0 Å². The normalized spacial score (nSPS) is 18.9. The topological polar surface area (TPSA) is 38.3 Å². The third-order valence-corrected chi connectivity index (χ3v) is 4.83. The highest BCUT2D eigenvalue weighted by molar-refractivity contribution is 9.10. The highest BCUT2D eigenvalue weighted by Crippen LogP contribution is 2.47. The van der Waals surface area contributed by atoms with Gasteiger partial charge in [0, 0.05) is 16.9 Å². The second kappa shape index (κ2) is 7.84. The standard InChI is InChI=1S/C20H22BrNO2/c1-14-4-2-5-17(12-14)24-11-3-10-22-20(23)19-13-18(19)15-6-8-16(21)9-7-15/h2,4-9,12,18-19H,3,10-11,13H2,1H3,(H,22,23). The fourth-order valence-electron chi connectivity index (χ4n) is 2.87. The van der Waals surface area contributed by atoms with Crippen molar-refractivity contribution in [2.24, 2.45) is 5.92 Å². The van der Waals surface area contributed by atoms with Crippen LogP contribution in [0, 0.1) is 12.8 Å². The van der Waals surface area contributed by atoms with Gasteiger partial charge in [-0.3, -0.25) is 4.79 Å². The Balaban J connectivity index is 1.34. The van der Waals surface area contributed by atoms with Crippen LogP contribution < -0.4 is 10.1 Å². The van der Waals surface area contributed by atoms with Gasteiger partial charge < -0.3 is 10.1 Å². The third-order valence-electron chi connectivity index (χ3n) is 4.30. The number of carbonyl (C=O) groups excluding carboxylic acids is 1. The molecule has 126 valence electrons. The number of benzene rings is 2. The molecule has 2 aromatic carbocycles. The average Bonchev–Trinajstić information content (AvgIpc) is 3.36. The first kappa shape index (κ1) is 17.0. The molecule has 0 bridgehead atoms. The molecule has 1 fully saturated rings. The summed E-state index contributed by atoms with van der Waals surface area (Å²) in [7, 11) is 0. The van der Waals surface area contributed by atoms with Crippen molar-refractivity contribution in [3.05, 3.63) is 64.1 Å². The predicted molar refractivity (Wildman–Crippen MR) is 99.3 cm³/mol. The van der Waals surface area contributed by atoms with E-state index in [1.54, 1.807) is 0 Å². The van der Waals surface area contributed by atoms with Crippen LogP contribution in [0.5, 0.6) is 5.75 Å². The van der Waals surface area contributed by atoms with E-state index in [4.69, 9.17) is 4.74 Å². The van der Waals surface area contributed by atoms with Gasteiger partial charge in [0.05, 0.1) is 6.61 Å². The van der Waals surface area contributed by atoms with Gasteiger partial charge in [-0.1, -0.05) is 40.2 Å². The van der Waals surface area contributed by atoms with E-state index >= 15 is 0 Å². The zero-order valence-electron chi connectivity index (χ0n) is 13.8. The number of rotatable bonds is 7. The Hall–Kier alpha value is -1.81. The van der Waals surface area contributed by atoms with Gasteiger partial charge in [0.1, 0.15) is 5.75 Å². The molecule has 0 aromatic heterocycles. The molecule has 0 saturated heterocycles. The molecule has 4 heteroatoms. The largest absolute Gasteiger partial charge is 0.494 e. The summed E-state index contributed by atoms with van der Waals surface area (Å²) in [6, 6.07) is 16.3. The fourth-order valence-corrected chi connectivity index (χ4v) is 3.14. The van der Waals surface area contributed by atoms with E-state index in [-0.39, 0.29) is 11.8 Å². The monoisotopic (exact) mass is 387 g/mol. The number of aryl methyl sites for hydroxylation is 1. The van der Waals surface area contributed by atoms with Crippen LogP contribution in [-0.4, -0.2) is 19.1 Å². The van der Waals surface area contributed by atoms with Crippen molar-refractivity contribution in [1.29, 1.82) is 0 Å². The first-order valence-corrected chi connectivity index (χ1v) is 9.15. The molecule has 2 aromatic rings. The molecule has 1 N–H and O–H groups in total. The van der Waals surface area contributed by atoms with Gasteiger partial charge in [0.2, 0.25) is 5.91 Å². The summed E-state index contributed by atoms with van der Waals surface area (Å²) in [5.41, 5.74) is 2.44. The summed E-state index contributed by atoms with van der Waals surface area (Å²) in [5.74, 6) is 1.56. The van der Waals surface area contributed by atoms with Crippen molar-refractivity contribution < 1.29 is 9.53 Å². The number of halogens is 1. The van der Waals surface area contributed by atoms with Gasteiger partial charge in [0.15, 0.2) is 0 Å². The minimum atomic E-state index is 0.129. The molecule has 24 heavy (non-hydrogen) atoms. The van der Waals surface area contributed by atoms with Crippen LogP contribution in [0.1, 0.15) is 29.9 Å². The molecule has 3 nitrogen and oxygen atoms in total. The smallest absolute Gasteiger partial charge is 0.223 e. The Morgan fingerprint density at radius 3 is 2.79 bits per heavy atom. The minimum Gasteiger partial charge on any atom is -0.494 e. The van der Waals surface area contributed by atoms with Crippen LogP contribution in [0.4, 0.5) is 0 Å². The van der Waals surface area contributed by atoms with Crippen molar-refractivity contribution >= 4 is 21.8 Å². The van der Waals surface area contributed by atoms with E-state index < -0.39 is 0 Å². The van der Waals surface area contributed by atoms with E-state index in [1.807, 2.05) is 43.3 Å². The highest BCUT2D eigenvalue weighted by Gasteiger charge is 2.43. The van der Waals surface area contributed by atoms with E-state index in [1.165, 1.54) is 11.1 Å². The molecule has 2 atom stereocenters. The van der Waals surface area contributed by atoms with Gasteiger partial charge in [-0.05, 0) is 61.1 Å². The van der Waals surface area contributed by atoms with Gasteiger partial charge in [-0.25, -0.2) is 0 Å². The summed E-state index contributed by atoms with van der Waals surface area (Å²) in [6.07, 6.45) is 1.77. The number of nitrogens with one attached hydrogen (secondary N) is 1. The third kappa shape index (κ3) is 4.60. The van der Waals surface area contributed by atoms with Crippen LogP contribution >= 0.6 is 15.9 Å². The zero-order valence-corrected chi connectivity index (χ0v) is 15.4. The molecule has 0 spiro atoms. The van der Waals surface area contributed by atoms with Crippen molar-refractivity contribution in [2.45, 2.75) is 25.7 Å². The maximum atomic E-state index is 12.2. The number of amides is 1. The second-order valence-corrected chi connectivity index (χ2v) is 7.23. The Kier molecular flexibility index (Phi) is 5.56. The molecule has 1 amide bonds. The van der Waals surface area contributed by atoms with Crippen molar-refractivity contribution in [1.82, 2.24) is 5.32 Å². The number of carbonyl (C=O) groups is 1. The molecular formula is C20H22BrNO2. The first-order chi connectivity index (χ1) is 11.6. The fraction of sp³-hybridized carbons (Fsp3) is 0.350. The van der Waals surface area contributed by atoms with Gasteiger partial charge in [0.25, 0.3) is 0 Å². The predicted octanol–water partition coefficient (Wildman–Crippen LogP) is 4.45. The summed E-state index contributed by atoms with van der Waals surface area (Å²) in [5, 5.41) is 3.03. The molecule has 1 aliphatic rings. The summed E-state index contributed by atoms with van der Waals surface area (Å²) < 4.78 is 6.76.